The number of aromatic nitrogens is 4. The van der Waals surface area contributed by atoms with Gasteiger partial charge in [0.15, 0.2) is 9.35 Å². The largest absolute Gasteiger partial charge is 0.261 e. The third-order valence-electron chi connectivity index (χ3n) is 2.67. The molecule has 4 nitrogen and oxygen atoms in total. The van der Waals surface area contributed by atoms with E-state index in [1.807, 2.05) is 0 Å². The van der Waals surface area contributed by atoms with Crippen LogP contribution in [-0.4, -0.2) is 20.2 Å². The number of nitrogens with zero attached hydrogens (tertiary/aromatic N) is 4. The molecule has 0 N–H and O–H groups in total. The Morgan fingerprint density at radius 1 is 1.18 bits per heavy atom. The molecular weight excluding hydrogens is 366 g/mol. The first-order valence-electron chi connectivity index (χ1n) is 6.00. The van der Waals surface area contributed by atoms with Crippen molar-refractivity contribution in [1.29, 1.82) is 0 Å². The Labute approximate surface area is 143 Å². The molecule has 0 aliphatic rings. The average Bonchev–Trinajstić information content (AvgIpc) is 3.01. The van der Waals surface area contributed by atoms with Crippen molar-refractivity contribution < 1.29 is 4.39 Å². The Morgan fingerprint density at radius 3 is 2.82 bits per heavy atom. The maximum absolute atomic E-state index is 13.5. The van der Waals surface area contributed by atoms with Crippen LogP contribution in [0.25, 0.3) is 10.7 Å². The molecule has 0 saturated carbocycles. The second kappa shape index (κ2) is 6.87. The van der Waals surface area contributed by atoms with Gasteiger partial charge in [0.25, 0.3) is 0 Å². The van der Waals surface area contributed by atoms with E-state index in [-0.39, 0.29) is 5.02 Å². The van der Waals surface area contributed by atoms with Crippen LogP contribution in [0.3, 0.4) is 0 Å². The summed E-state index contributed by atoms with van der Waals surface area (Å²) in [5, 5.41) is 9.28. The summed E-state index contributed by atoms with van der Waals surface area (Å²) in [6, 6.07) is 2.74. The highest BCUT2D eigenvalue weighted by Crippen LogP contribution is 2.35. The third-order valence-corrected chi connectivity index (χ3v) is 5.54. The van der Waals surface area contributed by atoms with Gasteiger partial charge in [-0.3, -0.25) is 9.97 Å². The third kappa shape index (κ3) is 3.38. The van der Waals surface area contributed by atoms with Crippen molar-refractivity contribution in [2.24, 2.45) is 0 Å². The topological polar surface area (TPSA) is 51.6 Å². The summed E-state index contributed by atoms with van der Waals surface area (Å²) < 4.78 is 14.2. The molecule has 1 aromatic carbocycles. The minimum absolute atomic E-state index is 0.0404. The molecule has 3 aromatic rings. The molecule has 0 radical (unpaired) electrons. The Morgan fingerprint density at radius 2 is 2.05 bits per heavy atom. The lowest BCUT2D eigenvalue weighted by Crippen LogP contribution is -1.88. The van der Waals surface area contributed by atoms with Gasteiger partial charge in [0.2, 0.25) is 0 Å². The van der Waals surface area contributed by atoms with E-state index < -0.39 is 5.82 Å². The predicted octanol–water partition coefficient (Wildman–Crippen LogP) is 4.73. The molecule has 112 valence electrons. The van der Waals surface area contributed by atoms with Crippen LogP contribution in [0.4, 0.5) is 4.39 Å². The van der Waals surface area contributed by atoms with E-state index in [0.29, 0.717) is 27.0 Å². The molecule has 0 fully saturated rings. The number of hydrogen-bond acceptors (Lipinski definition) is 6. The molecule has 0 amide bonds. The van der Waals surface area contributed by atoms with Crippen LogP contribution in [0.5, 0.6) is 0 Å². The molecule has 0 aliphatic carbocycles. The van der Waals surface area contributed by atoms with Crippen LogP contribution in [0.2, 0.25) is 10.0 Å². The van der Waals surface area contributed by atoms with Gasteiger partial charge >= 0.3 is 0 Å². The van der Waals surface area contributed by atoms with Crippen LogP contribution >= 0.6 is 46.3 Å². The van der Waals surface area contributed by atoms with Crippen molar-refractivity contribution in [1.82, 2.24) is 20.2 Å². The summed E-state index contributed by atoms with van der Waals surface area (Å²) in [4.78, 5) is 8.15. The standard InChI is InChI=1S/C13H7Cl2FN4S2/c14-8-1-2-9(16)11(15)7(8)6-21-13-20-19-12(22-13)10-5-17-3-4-18-10/h1-5H,6H2. The van der Waals surface area contributed by atoms with E-state index in [4.69, 9.17) is 23.2 Å². The van der Waals surface area contributed by atoms with Crippen LogP contribution in [0.15, 0.2) is 35.1 Å². The van der Waals surface area contributed by atoms with E-state index >= 15 is 0 Å². The lowest BCUT2D eigenvalue weighted by Gasteiger charge is -2.05. The van der Waals surface area contributed by atoms with Crippen LogP contribution in [0.1, 0.15) is 5.56 Å². The number of hydrogen-bond donors (Lipinski definition) is 0. The summed E-state index contributed by atoms with van der Waals surface area (Å²) in [6.45, 7) is 0. The summed E-state index contributed by atoms with van der Waals surface area (Å²) in [7, 11) is 0. The normalized spacial score (nSPS) is 10.9. The van der Waals surface area contributed by atoms with Gasteiger partial charge in [-0.15, -0.1) is 10.2 Å². The second-order valence-corrected chi connectivity index (χ2v) is 7.06. The van der Waals surface area contributed by atoms with Crippen LogP contribution in [0, 0.1) is 5.82 Å². The summed E-state index contributed by atoms with van der Waals surface area (Å²) in [5.41, 5.74) is 1.21. The van der Waals surface area contributed by atoms with Crippen molar-refractivity contribution >= 4 is 46.3 Å². The monoisotopic (exact) mass is 372 g/mol. The van der Waals surface area contributed by atoms with Gasteiger partial charge in [0.05, 0.1) is 11.2 Å². The first-order valence-corrected chi connectivity index (χ1v) is 8.56. The fraction of sp³-hybridized carbons (Fsp3) is 0.0769. The molecule has 9 heteroatoms. The minimum Gasteiger partial charge on any atom is -0.261 e. The molecule has 0 spiro atoms. The number of benzene rings is 1. The maximum atomic E-state index is 13.5. The Kier molecular flexibility index (Phi) is 4.87. The highest BCUT2D eigenvalue weighted by atomic mass is 35.5. The van der Waals surface area contributed by atoms with Crippen LogP contribution < -0.4 is 0 Å². The number of rotatable bonds is 4. The molecule has 2 heterocycles. The van der Waals surface area contributed by atoms with E-state index in [0.717, 1.165) is 4.34 Å². The van der Waals surface area contributed by atoms with Gasteiger partial charge in [-0.05, 0) is 12.1 Å². The zero-order valence-corrected chi connectivity index (χ0v) is 14.0. The molecule has 3 rings (SSSR count). The van der Waals surface area contributed by atoms with Crippen molar-refractivity contribution in [3.8, 4) is 10.7 Å². The Balaban J connectivity index is 1.76. The molecule has 22 heavy (non-hydrogen) atoms. The van der Waals surface area contributed by atoms with E-state index in [1.165, 1.54) is 35.2 Å². The summed E-state index contributed by atoms with van der Waals surface area (Å²) in [6.07, 6.45) is 4.80. The first kappa shape index (κ1) is 15.6. The van der Waals surface area contributed by atoms with Crippen molar-refractivity contribution in [3.63, 3.8) is 0 Å². The molecule has 0 bridgehead atoms. The van der Waals surface area contributed by atoms with Gasteiger partial charge in [-0.25, -0.2) is 4.39 Å². The molecule has 2 aromatic heterocycles. The predicted molar refractivity (Wildman–Crippen MR) is 86.9 cm³/mol. The average molecular weight is 373 g/mol. The highest BCUT2D eigenvalue weighted by Gasteiger charge is 2.13. The number of halogens is 3. The van der Waals surface area contributed by atoms with E-state index in [1.54, 1.807) is 18.6 Å². The lowest BCUT2D eigenvalue weighted by atomic mass is 10.2. The lowest BCUT2D eigenvalue weighted by molar-refractivity contribution is 0.627. The number of thioether (sulfide) groups is 1. The van der Waals surface area contributed by atoms with Gasteiger partial charge in [-0.1, -0.05) is 46.3 Å². The van der Waals surface area contributed by atoms with Gasteiger partial charge in [0.1, 0.15) is 11.5 Å². The van der Waals surface area contributed by atoms with E-state index in [2.05, 4.69) is 20.2 Å². The fourth-order valence-electron chi connectivity index (χ4n) is 1.62. The van der Waals surface area contributed by atoms with Gasteiger partial charge in [0, 0.05) is 28.7 Å². The molecule has 0 saturated heterocycles. The van der Waals surface area contributed by atoms with E-state index in [9.17, 15) is 4.39 Å². The van der Waals surface area contributed by atoms with Crippen molar-refractivity contribution in [2.45, 2.75) is 10.1 Å². The van der Waals surface area contributed by atoms with Gasteiger partial charge < -0.3 is 0 Å². The zero-order chi connectivity index (χ0) is 15.5. The summed E-state index contributed by atoms with van der Waals surface area (Å²) in [5.74, 6) is -0.0796. The summed E-state index contributed by atoms with van der Waals surface area (Å²) >= 11 is 14.8. The molecular formula is C13H7Cl2FN4S2. The Hall–Kier alpha value is -1.28. The van der Waals surface area contributed by atoms with Gasteiger partial charge in [-0.2, -0.15) is 0 Å². The Bertz CT molecular complexity index is 798. The zero-order valence-electron chi connectivity index (χ0n) is 10.8. The second-order valence-electron chi connectivity index (χ2n) is 4.07. The highest BCUT2D eigenvalue weighted by molar-refractivity contribution is 8.00. The fourth-order valence-corrected chi connectivity index (χ4v) is 4.13. The molecule has 0 aliphatic heterocycles. The molecule has 0 unspecified atom stereocenters. The smallest absolute Gasteiger partial charge is 0.175 e. The van der Waals surface area contributed by atoms with Crippen molar-refractivity contribution in [2.75, 3.05) is 0 Å². The quantitative estimate of drug-likeness (QED) is 0.489. The van der Waals surface area contributed by atoms with Crippen molar-refractivity contribution in [3.05, 3.63) is 52.1 Å². The maximum Gasteiger partial charge on any atom is 0.175 e. The minimum atomic E-state index is -0.487. The molecule has 0 atom stereocenters. The van der Waals surface area contributed by atoms with Crippen LogP contribution in [-0.2, 0) is 5.75 Å². The SMILES string of the molecule is Fc1ccc(Cl)c(CSc2nnc(-c3cnccn3)s2)c1Cl. The first-order chi connectivity index (χ1) is 10.6.